The maximum atomic E-state index is 11.6. The molecule has 0 aliphatic heterocycles. The number of nitrogens with one attached hydrogen (secondary N) is 2. The second kappa shape index (κ2) is 8.97. The van der Waals surface area contributed by atoms with Crippen molar-refractivity contribution < 1.29 is 19.4 Å². The van der Waals surface area contributed by atoms with Crippen molar-refractivity contribution in [2.24, 2.45) is 0 Å². The Kier molecular flexibility index (Phi) is 7.25. The molecule has 6 heteroatoms. The molecule has 1 aromatic carbocycles. The molecule has 0 bridgehead atoms. The number of urea groups is 1. The van der Waals surface area contributed by atoms with Gasteiger partial charge in [0.05, 0.1) is 18.6 Å². The first-order valence-electron chi connectivity index (χ1n) is 6.91. The van der Waals surface area contributed by atoms with Crippen molar-refractivity contribution >= 4 is 12.0 Å². The second-order valence-electron chi connectivity index (χ2n) is 4.86. The normalized spacial score (nSPS) is 12.0. The first kappa shape index (κ1) is 17.0. The molecule has 116 valence electrons. The van der Waals surface area contributed by atoms with Gasteiger partial charge in [-0.15, -0.1) is 0 Å². The monoisotopic (exact) mass is 294 g/mol. The lowest BCUT2D eigenvalue weighted by atomic mass is 9.99. The minimum Gasteiger partial charge on any atom is -0.481 e. The van der Waals surface area contributed by atoms with Crippen LogP contribution in [0.4, 0.5) is 4.79 Å². The van der Waals surface area contributed by atoms with Gasteiger partial charge in [-0.3, -0.25) is 4.79 Å². The van der Waals surface area contributed by atoms with Crippen molar-refractivity contribution in [2.45, 2.75) is 25.9 Å². The predicted octanol–water partition coefficient (Wildman–Crippen LogP) is 1.58. The van der Waals surface area contributed by atoms with Crippen LogP contribution in [0.25, 0.3) is 0 Å². The van der Waals surface area contributed by atoms with E-state index in [0.717, 1.165) is 0 Å². The molecule has 0 aliphatic rings. The summed E-state index contributed by atoms with van der Waals surface area (Å²) in [5, 5.41) is 14.4. The van der Waals surface area contributed by atoms with Crippen LogP contribution in [0.3, 0.4) is 0 Å². The summed E-state index contributed by atoms with van der Waals surface area (Å²) in [7, 11) is 0. The maximum absolute atomic E-state index is 11.6. The van der Waals surface area contributed by atoms with Gasteiger partial charge in [-0.25, -0.2) is 4.79 Å². The van der Waals surface area contributed by atoms with Crippen LogP contribution < -0.4 is 10.6 Å². The highest BCUT2D eigenvalue weighted by Crippen LogP contribution is 2.14. The molecule has 1 aromatic rings. The average Bonchev–Trinajstić information content (AvgIpc) is 2.44. The largest absolute Gasteiger partial charge is 0.481 e. The third kappa shape index (κ3) is 6.76. The summed E-state index contributed by atoms with van der Waals surface area (Å²) in [6.07, 6.45) is 0.115. The van der Waals surface area contributed by atoms with Crippen molar-refractivity contribution in [3.05, 3.63) is 35.9 Å². The summed E-state index contributed by atoms with van der Waals surface area (Å²) < 4.78 is 5.29. The average molecular weight is 294 g/mol. The molecule has 0 aliphatic carbocycles. The van der Waals surface area contributed by atoms with Gasteiger partial charge >= 0.3 is 12.0 Å². The molecular weight excluding hydrogens is 272 g/mol. The molecule has 3 N–H and O–H groups in total. The quantitative estimate of drug-likeness (QED) is 0.635. The molecule has 21 heavy (non-hydrogen) atoms. The van der Waals surface area contributed by atoms with Crippen molar-refractivity contribution in [2.75, 3.05) is 19.7 Å². The molecule has 0 heterocycles. The van der Waals surface area contributed by atoms with Crippen LogP contribution in [-0.2, 0) is 9.53 Å². The van der Waals surface area contributed by atoms with Crippen molar-refractivity contribution in [1.82, 2.24) is 10.6 Å². The summed E-state index contributed by atoms with van der Waals surface area (Å²) in [6.45, 7) is 4.67. The molecule has 1 rings (SSSR count). The minimum atomic E-state index is -0.968. The van der Waals surface area contributed by atoms with Gasteiger partial charge in [0.15, 0.2) is 0 Å². The molecule has 2 amide bonds. The zero-order valence-corrected chi connectivity index (χ0v) is 12.3. The molecule has 0 saturated carbocycles. The summed E-state index contributed by atoms with van der Waals surface area (Å²) in [4.78, 5) is 22.8. The number of ether oxygens (including phenoxy) is 1. The van der Waals surface area contributed by atoms with Gasteiger partial charge in [0.1, 0.15) is 0 Å². The summed E-state index contributed by atoms with van der Waals surface area (Å²) >= 11 is 0. The first-order chi connectivity index (χ1) is 10.0. The number of rotatable bonds is 8. The van der Waals surface area contributed by atoms with E-state index in [4.69, 9.17) is 4.74 Å². The number of carbonyl (C=O) groups is 2. The van der Waals surface area contributed by atoms with Gasteiger partial charge in [0.2, 0.25) is 0 Å². The standard InChI is InChI=1S/C15H22N2O4/c1-11(2)21-9-8-16-15(20)17-10-13(14(18)19)12-6-4-3-5-7-12/h3-7,11,13H,8-10H2,1-2H3,(H,18,19)(H2,16,17,20). The van der Waals surface area contributed by atoms with Crippen LogP contribution in [0.1, 0.15) is 25.3 Å². The molecule has 0 radical (unpaired) electrons. The Morgan fingerprint density at radius 2 is 1.86 bits per heavy atom. The Morgan fingerprint density at radius 1 is 1.19 bits per heavy atom. The number of hydrogen-bond acceptors (Lipinski definition) is 3. The highest BCUT2D eigenvalue weighted by molar-refractivity contribution is 5.79. The third-order valence-corrected chi connectivity index (χ3v) is 2.81. The summed E-state index contributed by atoms with van der Waals surface area (Å²) in [6, 6.07) is 8.42. The number of hydrogen-bond donors (Lipinski definition) is 3. The lowest BCUT2D eigenvalue weighted by molar-refractivity contribution is -0.138. The van der Waals surface area contributed by atoms with Gasteiger partial charge in [0, 0.05) is 13.1 Å². The van der Waals surface area contributed by atoms with Crippen molar-refractivity contribution in [1.29, 1.82) is 0 Å². The van der Waals surface area contributed by atoms with Crippen LogP contribution >= 0.6 is 0 Å². The minimum absolute atomic E-state index is 0.0379. The van der Waals surface area contributed by atoms with Gasteiger partial charge in [-0.1, -0.05) is 30.3 Å². The zero-order valence-electron chi connectivity index (χ0n) is 12.3. The molecule has 1 unspecified atom stereocenters. The summed E-state index contributed by atoms with van der Waals surface area (Å²) in [5.41, 5.74) is 0.661. The van der Waals surface area contributed by atoms with Gasteiger partial charge < -0.3 is 20.5 Å². The highest BCUT2D eigenvalue weighted by atomic mass is 16.5. The third-order valence-electron chi connectivity index (χ3n) is 2.81. The number of benzene rings is 1. The SMILES string of the molecule is CC(C)OCCNC(=O)NCC(C(=O)O)c1ccccc1. The molecule has 0 fully saturated rings. The Labute approximate surface area is 124 Å². The molecular formula is C15H22N2O4. The number of carboxylic acids is 1. The Bertz CT molecular complexity index is 448. The fourth-order valence-electron chi connectivity index (χ4n) is 1.75. The van der Waals surface area contributed by atoms with E-state index in [1.807, 2.05) is 19.9 Å². The van der Waals surface area contributed by atoms with Gasteiger partial charge in [0.25, 0.3) is 0 Å². The number of carboxylic acid groups (broad SMARTS) is 1. The van der Waals surface area contributed by atoms with E-state index < -0.39 is 17.9 Å². The molecule has 6 nitrogen and oxygen atoms in total. The van der Waals surface area contributed by atoms with Crippen LogP contribution in [0.2, 0.25) is 0 Å². The van der Waals surface area contributed by atoms with E-state index in [1.54, 1.807) is 24.3 Å². The number of aliphatic carboxylic acids is 1. The van der Waals surface area contributed by atoms with E-state index in [-0.39, 0.29) is 12.6 Å². The maximum Gasteiger partial charge on any atom is 0.314 e. The van der Waals surface area contributed by atoms with Gasteiger partial charge in [-0.05, 0) is 19.4 Å². The molecule has 0 spiro atoms. The van der Waals surface area contributed by atoms with E-state index in [1.165, 1.54) is 0 Å². The molecule has 0 saturated heterocycles. The van der Waals surface area contributed by atoms with Crippen LogP contribution in [-0.4, -0.2) is 42.9 Å². The van der Waals surface area contributed by atoms with Crippen LogP contribution in [0.15, 0.2) is 30.3 Å². The van der Waals surface area contributed by atoms with Crippen LogP contribution in [0, 0.1) is 0 Å². The molecule has 1 atom stereocenters. The lowest BCUT2D eigenvalue weighted by Gasteiger charge is -2.14. The predicted molar refractivity (Wildman–Crippen MR) is 79.3 cm³/mol. The van der Waals surface area contributed by atoms with Gasteiger partial charge in [-0.2, -0.15) is 0 Å². The van der Waals surface area contributed by atoms with Crippen molar-refractivity contribution in [3.63, 3.8) is 0 Å². The topological polar surface area (TPSA) is 87.7 Å². The highest BCUT2D eigenvalue weighted by Gasteiger charge is 2.20. The Balaban J connectivity index is 2.37. The first-order valence-corrected chi connectivity index (χ1v) is 6.91. The fourth-order valence-corrected chi connectivity index (χ4v) is 1.75. The number of carbonyl (C=O) groups excluding carboxylic acids is 1. The van der Waals surface area contributed by atoms with E-state index in [2.05, 4.69) is 10.6 Å². The smallest absolute Gasteiger partial charge is 0.314 e. The second-order valence-corrected chi connectivity index (χ2v) is 4.86. The Hall–Kier alpha value is -2.08. The molecule has 0 aromatic heterocycles. The number of amides is 2. The van der Waals surface area contributed by atoms with E-state index in [9.17, 15) is 14.7 Å². The van der Waals surface area contributed by atoms with Crippen molar-refractivity contribution in [3.8, 4) is 0 Å². The summed E-state index contributed by atoms with van der Waals surface area (Å²) in [5.74, 6) is -1.73. The van der Waals surface area contributed by atoms with Crippen LogP contribution in [0.5, 0.6) is 0 Å². The Morgan fingerprint density at radius 3 is 2.43 bits per heavy atom. The van der Waals surface area contributed by atoms with E-state index >= 15 is 0 Å². The van der Waals surface area contributed by atoms with E-state index in [0.29, 0.717) is 18.7 Å². The lowest BCUT2D eigenvalue weighted by Crippen LogP contribution is -2.40. The fraction of sp³-hybridized carbons (Fsp3) is 0.467. The zero-order chi connectivity index (χ0) is 15.7.